The van der Waals surface area contributed by atoms with Crippen LogP contribution in [0.3, 0.4) is 0 Å². The summed E-state index contributed by atoms with van der Waals surface area (Å²) in [5.41, 5.74) is 0. The Kier molecular flexibility index (Phi) is 4.26. The molecule has 0 saturated heterocycles. The second kappa shape index (κ2) is 4.59. The van der Waals surface area contributed by atoms with Gasteiger partial charge < -0.3 is 10.6 Å². The number of rotatable bonds is 3. The van der Waals surface area contributed by atoms with Crippen LogP contribution in [0.15, 0.2) is 0 Å². The fourth-order valence-electron chi connectivity index (χ4n) is 0.364. The van der Waals surface area contributed by atoms with Crippen LogP contribution in [-0.4, -0.2) is 26.0 Å². The van der Waals surface area contributed by atoms with Gasteiger partial charge in [0.15, 0.2) is 0 Å². The molecule has 0 aliphatic carbocycles. The maximum atomic E-state index is 10.2. The van der Waals surface area contributed by atoms with Crippen LogP contribution in [0.4, 0.5) is 0 Å². The Bertz CT molecular complexity index is 72.8. The normalized spacial score (nSPS) is 8.75. The molecule has 0 heterocycles. The van der Waals surface area contributed by atoms with Gasteiger partial charge in [0.1, 0.15) is 0 Å². The van der Waals surface area contributed by atoms with Crippen LogP contribution >= 0.6 is 0 Å². The van der Waals surface area contributed by atoms with Crippen molar-refractivity contribution in [3.05, 3.63) is 0 Å². The molecule has 0 aromatic heterocycles. The van der Waals surface area contributed by atoms with E-state index in [-0.39, 0.29) is 5.91 Å². The molecule has 0 atom stereocenters. The van der Waals surface area contributed by atoms with Gasteiger partial charge in [0.05, 0.1) is 0 Å². The van der Waals surface area contributed by atoms with Gasteiger partial charge in [-0.25, -0.2) is 0 Å². The zero-order chi connectivity index (χ0) is 6.41. The minimum atomic E-state index is 0.0280. The van der Waals surface area contributed by atoms with Crippen LogP contribution in [0.5, 0.6) is 0 Å². The van der Waals surface area contributed by atoms with Crippen molar-refractivity contribution in [3.8, 4) is 0 Å². The molecule has 1 amide bonds. The van der Waals surface area contributed by atoms with E-state index in [0.717, 1.165) is 6.54 Å². The lowest BCUT2D eigenvalue weighted by Crippen LogP contribution is -2.28. The Balaban J connectivity index is 2.82. The first-order valence-electron chi connectivity index (χ1n) is 2.66. The van der Waals surface area contributed by atoms with Gasteiger partial charge in [0.2, 0.25) is 5.91 Å². The molecule has 0 saturated carbocycles. The Hall–Kier alpha value is -0.570. The highest BCUT2D eigenvalue weighted by molar-refractivity contribution is 5.72. The molecular formula is C5H12N2O. The molecule has 0 unspecified atom stereocenters. The van der Waals surface area contributed by atoms with Crippen molar-refractivity contribution >= 4 is 5.91 Å². The summed E-state index contributed by atoms with van der Waals surface area (Å²) in [4.78, 5) is 10.2. The monoisotopic (exact) mass is 116 g/mol. The predicted molar refractivity (Wildman–Crippen MR) is 32.6 cm³/mol. The van der Waals surface area contributed by atoms with Crippen LogP contribution in [0, 0.1) is 0 Å². The van der Waals surface area contributed by atoms with E-state index in [9.17, 15) is 4.79 Å². The Morgan fingerprint density at radius 3 is 2.50 bits per heavy atom. The van der Waals surface area contributed by atoms with Crippen molar-refractivity contribution in [2.24, 2.45) is 0 Å². The van der Waals surface area contributed by atoms with E-state index in [0.29, 0.717) is 6.54 Å². The smallest absolute Gasteiger partial charge is 0.216 e. The number of hydrogen-bond donors (Lipinski definition) is 2. The first kappa shape index (κ1) is 7.43. The molecule has 0 rings (SSSR count). The molecular weight excluding hydrogens is 104 g/mol. The lowest BCUT2D eigenvalue weighted by Gasteiger charge is -1.97. The number of likely N-dealkylation sites (N-methyl/N-ethyl adjacent to an activating group) is 1. The highest BCUT2D eigenvalue weighted by atomic mass is 16.1. The van der Waals surface area contributed by atoms with E-state index in [2.05, 4.69) is 10.6 Å². The first-order valence-corrected chi connectivity index (χ1v) is 2.66. The van der Waals surface area contributed by atoms with Crippen molar-refractivity contribution in [1.29, 1.82) is 0 Å². The van der Waals surface area contributed by atoms with Crippen molar-refractivity contribution in [3.63, 3.8) is 0 Å². The van der Waals surface area contributed by atoms with Crippen LogP contribution in [0.1, 0.15) is 6.92 Å². The number of hydrogen-bond acceptors (Lipinski definition) is 2. The maximum absolute atomic E-state index is 10.2. The van der Waals surface area contributed by atoms with Crippen LogP contribution in [0.25, 0.3) is 0 Å². The minimum Gasteiger partial charge on any atom is -0.355 e. The standard InChI is InChI=1S/C5H12N2O/c1-5(8)7-4-3-6-2/h6H,3-4H2,1-2H3,(H,7,8). The second-order valence-electron chi connectivity index (χ2n) is 1.59. The molecule has 0 radical (unpaired) electrons. The lowest BCUT2D eigenvalue weighted by atomic mass is 10.6. The number of carbonyl (C=O) groups is 1. The fraction of sp³-hybridized carbons (Fsp3) is 0.800. The summed E-state index contributed by atoms with van der Waals surface area (Å²) in [6.45, 7) is 3.06. The molecule has 48 valence electrons. The third kappa shape index (κ3) is 5.43. The van der Waals surface area contributed by atoms with Gasteiger partial charge in [0, 0.05) is 20.0 Å². The molecule has 0 spiro atoms. The molecule has 0 aromatic carbocycles. The molecule has 0 aliphatic heterocycles. The molecule has 0 aromatic rings. The van der Waals surface area contributed by atoms with E-state index in [1.165, 1.54) is 6.92 Å². The molecule has 0 bridgehead atoms. The van der Waals surface area contributed by atoms with Crippen molar-refractivity contribution in [2.45, 2.75) is 6.92 Å². The van der Waals surface area contributed by atoms with Crippen LogP contribution in [-0.2, 0) is 4.79 Å². The summed E-state index contributed by atoms with van der Waals surface area (Å²) in [5, 5.41) is 5.55. The topological polar surface area (TPSA) is 41.1 Å². The average Bonchev–Trinajstić information content (AvgIpc) is 1.66. The van der Waals surface area contributed by atoms with Gasteiger partial charge >= 0.3 is 0 Å². The molecule has 0 aliphatic rings. The Morgan fingerprint density at radius 2 is 2.12 bits per heavy atom. The van der Waals surface area contributed by atoms with Crippen LogP contribution < -0.4 is 10.6 Å². The average molecular weight is 116 g/mol. The second-order valence-corrected chi connectivity index (χ2v) is 1.59. The summed E-state index contributed by atoms with van der Waals surface area (Å²) in [5.74, 6) is 0.0280. The van der Waals surface area contributed by atoms with E-state index in [1.807, 2.05) is 7.05 Å². The SMILES string of the molecule is CNCCNC(C)=O. The zero-order valence-corrected chi connectivity index (χ0v) is 5.32. The minimum absolute atomic E-state index is 0.0280. The first-order chi connectivity index (χ1) is 3.77. The van der Waals surface area contributed by atoms with E-state index in [4.69, 9.17) is 0 Å². The maximum Gasteiger partial charge on any atom is 0.216 e. The van der Waals surface area contributed by atoms with Crippen molar-refractivity contribution in [1.82, 2.24) is 10.6 Å². The third-order valence-electron chi connectivity index (χ3n) is 0.749. The number of amides is 1. The van der Waals surface area contributed by atoms with E-state index < -0.39 is 0 Å². The number of nitrogens with one attached hydrogen (secondary N) is 2. The highest BCUT2D eigenvalue weighted by Gasteiger charge is 1.85. The largest absolute Gasteiger partial charge is 0.355 e. The zero-order valence-electron chi connectivity index (χ0n) is 5.32. The fourth-order valence-corrected chi connectivity index (χ4v) is 0.364. The predicted octanol–water partition coefficient (Wildman–Crippen LogP) is -0.658. The summed E-state index contributed by atoms with van der Waals surface area (Å²) in [7, 11) is 1.85. The molecule has 3 heteroatoms. The van der Waals surface area contributed by atoms with Gasteiger partial charge in [-0.2, -0.15) is 0 Å². The van der Waals surface area contributed by atoms with Crippen molar-refractivity contribution in [2.75, 3.05) is 20.1 Å². The van der Waals surface area contributed by atoms with Gasteiger partial charge in [-0.15, -0.1) is 0 Å². The van der Waals surface area contributed by atoms with Crippen molar-refractivity contribution < 1.29 is 4.79 Å². The molecule has 2 N–H and O–H groups in total. The molecule has 3 nitrogen and oxygen atoms in total. The van der Waals surface area contributed by atoms with E-state index in [1.54, 1.807) is 0 Å². The Labute approximate surface area is 49.5 Å². The summed E-state index contributed by atoms with van der Waals surface area (Å²) in [6.07, 6.45) is 0. The summed E-state index contributed by atoms with van der Waals surface area (Å²) in [6, 6.07) is 0. The third-order valence-corrected chi connectivity index (χ3v) is 0.749. The van der Waals surface area contributed by atoms with Crippen LogP contribution in [0.2, 0.25) is 0 Å². The van der Waals surface area contributed by atoms with Gasteiger partial charge in [-0.3, -0.25) is 4.79 Å². The van der Waals surface area contributed by atoms with E-state index >= 15 is 0 Å². The molecule has 8 heavy (non-hydrogen) atoms. The summed E-state index contributed by atoms with van der Waals surface area (Å²) < 4.78 is 0. The van der Waals surface area contributed by atoms with Gasteiger partial charge in [-0.1, -0.05) is 0 Å². The Morgan fingerprint density at radius 1 is 1.50 bits per heavy atom. The molecule has 0 fully saturated rings. The number of carbonyl (C=O) groups excluding carboxylic acids is 1. The lowest BCUT2D eigenvalue weighted by molar-refractivity contribution is -0.118. The highest BCUT2D eigenvalue weighted by Crippen LogP contribution is 1.57. The quantitative estimate of drug-likeness (QED) is 0.481. The van der Waals surface area contributed by atoms with Gasteiger partial charge in [-0.05, 0) is 7.05 Å². The van der Waals surface area contributed by atoms with Gasteiger partial charge in [0.25, 0.3) is 0 Å². The summed E-state index contributed by atoms with van der Waals surface area (Å²) >= 11 is 0.